The molecule has 3 aromatic carbocycles. The predicted octanol–water partition coefficient (Wildman–Crippen LogP) is 10.3. The van der Waals surface area contributed by atoms with Crippen LogP contribution in [0.4, 0.5) is 25.2 Å². The van der Waals surface area contributed by atoms with Crippen molar-refractivity contribution in [3.8, 4) is 0 Å². The van der Waals surface area contributed by atoms with Gasteiger partial charge in [-0.3, -0.25) is 9.59 Å². The van der Waals surface area contributed by atoms with Crippen LogP contribution in [0, 0.1) is 17.8 Å². The second kappa shape index (κ2) is 29.7. The van der Waals surface area contributed by atoms with E-state index < -0.39 is 118 Å². The van der Waals surface area contributed by atoms with Crippen molar-refractivity contribution in [2.45, 2.75) is 230 Å². The van der Waals surface area contributed by atoms with E-state index in [1.807, 2.05) is 32.8 Å². The van der Waals surface area contributed by atoms with Crippen molar-refractivity contribution in [2.24, 2.45) is 17.8 Å². The molecule has 86 heavy (non-hydrogen) atoms. The number of hydrogen-bond donors (Lipinski definition) is 5. The molecule has 18 atom stereocenters. The second-order valence-corrected chi connectivity index (χ2v) is 29.7. The number of aliphatic hydroxyl groups excluding tert-OH is 3. The van der Waals surface area contributed by atoms with Crippen molar-refractivity contribution in [3.05, 3.63) is 90.5 Å². The van der Waals surface area contributed by atoms with Crippen molar-refractivity contribution in [1.29, 1.82) is 0 Å². The van der Waals surface area contributed by atoms with Crippen LogP contribution in [0.1, 0.15) is 139 Å². The van der Waals surface area contributed by atoms with E-state index in [2.05, 4.69) is 84.9 Å². The van der Waals surface area contributed by atoms with Gasteiger partial charge in [0.15, 0.2) is 12.6 Å². The van der Waals surface area contributed by atoms with Crippen molar-refractivity contribution in [2.75, 3.05) is 27.7 Å². The molecule has 0 spiro atoms. The van der Waals surface area contributed by atoms with Crippen LogP contribution in [0.25, 0.3) is 0 Å². The Kier molecular flexibility index (Phi) is 25.3. The molecule has 0 radical (unpaired) electrons. The SMILES string of the molecule is CC[C@H]1OC(=O)[C@H](C)[C@@H](O[C@H]2C[C@@](C)(OC)[C@@H](O)[C@H](C)O2)[C@H](C)[C@@H](O[C@@H]2O[C@H](C)C[C@H](N(C)C)[C@H]2O)[C@](C)(O)C[C@@H](C)CN(C(=O)CCCCCCCc2ccc([PH+](c3ccccc3)c3ccccc3)cc2)[C@H](C)[C@@H](O)[C@]1(C)O.F[P-](F)(F)(F)(F)F. The summed E-state index contributed by atoms with van der Waals surface area (Å²) in [5.74, 6) is -3.29. The van der Waals surface area contributed by atoms with E-state index in [1.165, 1.54) is 35.5 Å². The number of hydrogen-bond acceptors (Lipinski definition) is 14. The maximum atomic E-state index is 14.7. The first-order chi connectivity index (χ1) is 39.8. The zero-order valence-electron chi connectivity index (χ0n) is 52.3. The van der Waals surface area contributed by atoms with Gasteiger partial charge in [0.1, 0.15) is 45.9 Å². The standard InChI is InChI=1S/C63H97N2O13P.F6P/c1-14-51-63(10,72)56(68)44(6)65(52(66)31-25-17-15-16-20-26-46-32-34-49(35-33-46)79(47-27-21-18-22-28-47)48-29-23-19-24-30-48)39-40(2)37-61(8,71)58(78-60-54(67)50(64(11)12)36-41(3)74-60)42(4)55(43(5)59(70)76-51)77-53-38-62(9,73-13)57(69)45(7)75-53;1-7(2,3,4,5)6/h18-19,21-24,27-30,32-35,40-45,50-51,53-58,60,67-69,71-72H,14-17,20,25-26,31,36-39H2,1-13H3;/q;-1/p+1/t40-,41-,42+,43-,44-,45+,50+,51-,53+,54-,55+,56-,57+,58-,60+,61-,62-,63-;/m1./s1. The van der Waals surface area contributed by atoms with Gasteiger partial charge in [-0.25, -0.2) is 0 Å². The van der Waals surface area contributed by atoms with E-state index in [1.54, 1.807) is 53.4 Å². The Labute approximate surface area is 506 Å². The Balaban J connectivity index is 0.00000181. The summed E-state index contributed by atoms with van der Waals surface area (Å²) in [4.78, 5) is 32.8. The summed E-state index contributed by atoms with van der Waals surface area (Å²) >= 11 is 0. The van der Waals surface area contributed by atoms with E-state index in [9.17, 15) is 60.3 Å². The molecule has 490 valence electrons. The topological polar surface area (TPSA) is 197 Å². The molecule has 15 nitrogen and oxygen atoms in total. The van der Waals surface area contributed by atoms with Gasteiger partial charge in [-0.05, 0) is 149 Å². The molecule has 0 bridgehead atoms. The van der Waals surface area contributed by atoms with Crippen LogP contribution in [0.2, 0.25) is 0 Å². The number of amides is 1. The van der Waals surface area contributed by atoms with Crippen LogP contribution in [-0.4, -0.2) is 165 Å². The molecule has 0 saturated carbocycles. The Morgan fingerprint density at radius 3 is 1.83 bits per heavy atom. The van der Waals surface area contributed by atoms with Gasteiger partial charge in [0.05, 0.1) is 55.5 Å². The number of aryl methyl sites for hydroxylation is 1. The molecule has 0 aliphatic carbocycles. The van der Waals surface area contributed by atoms with Crippen LogP contribution >= 0.6 is 15.7 Å². The summed E-state index contributed by atoms with van der Waals surface area (Å²) in [5.41, 5.74) is -3.50. The molecule has 3 heterocycles. The number of halogens is 6. The molecule has 3 aliphatic heterocycles. The van der Waals surface area contributed by atoms with Gasteiger partial charge in [0.25, 0.3) is 0 Å². The number of carbonyl (C=O) groups excluding carboxylic acids is 2. The number of carbonyl (C=O) groups is 2. The van der Waals surface area contributed by atoms with Crippen LogP contribution in [0.5, 0.6) is 0 Å². The molecule has 3 aromatic rings. The molecule has 5 N–H and O–H groups in total. The van der Waals surface area contributed by atoms with Crippen molar-refractivity contribution >= 4 is 43.5 Å². The minimum atomic E-state index is -10.7. The molecule has 6 rings (SSSR count). The van der Waals surface area contributed by atoms with E-state index in [0.29, 0.717) is 12.8 Å². The molecule has 3 aliphatic rings. The van der Waals surface area contributed by atoms with Gasteiger partial charge < -0.3 is 63.8 Å². The predicted molar refractivity (Wildman–Crippen MR) is 325 cm³/mol. The summed E-state index contributed by atoms with van der Waals surface area (Å²) in [6.07, 6.45) is -3.89. The van der Waals surface area contributed by atoms with E-state index in [-0.39, 0.29) is 50.3 Å². The van der Waals surface area contributed by atoms with Crippen LogP contribution < -0.4 is 15.9 Å². The number of likely N-dealkylation sites (N-methyl/N-ethyl adjacent to an activating group) is 1. The van der Waals surface area contributed by atoms with Crippen LogP contribution in [-0.2, 0) is 44.4 Å². The van der Waals surface area contributed by atoms with Crippen molar-refractivity contribution in [1.82, 2.24) is 9.80 Å². The zero-order valence-corrected chi connectivity index (χ0v) is 54.2. The van der Waals surface area contributed by atoms with Crippen molar-refractivity contribution in [3.63, 3.8) is 0 Å². The van der Waals surface area contributed by atoms with Gasteiger partial charge >= 0.3 is 39.0 Å². The summed E-state index contributed by atoms with van der Waals surface area (Å²) in [7, 11) is -6.53. The molecule has 0 aromatic heterocycles. The van der Waals surface area contributed by atoms with Gasteiger partial charge in [-0.2, -0.15) is 0 Å². The fourth-order valence-electron chi connectivity index (χ4n) is 12.7. The first-order valence-electron chi connectivity index (χ1n) is 30.2. The third-order valence-corrected chi connectivity index (χ3v) is 20.2. The number of unbranched alkanes of at least 4 members (excludes halogenated alkanes) is 4. The van der Waals surface area contributed by atoms with Gasteiger partial charge in [-0.1, -0.05) is 88.6 Å². The first kappa shape index (κ1) is 73.3. The first-order valence-corrected chi connectivity index (χ1v) is 33.8. The Bertz CT molecular complexity index is 2530. The average Bonchev–Trinajstić information content (AvgIpc) is 1.98. The summed E-state index contributed by atoms with van der Waals surface area (Å²) in [5, 5.41) is 64.5. The van der Waals surface area contributed by atoms with Gasteiger partial charge in [-0.15, -0.1) is 0 Å². The number of esters is 1. The fourth-order valence-corrected chi connectivity index (χ4v) is 15.2. The summed E-state index contributed by atoms with van der Waals surface area (Å²) < 4.78 is 97.4. The molecule has 23 heteroatoms. The number of methoxy groups -OCH3 is 1. The molecule has 3 fully saturated rings. The summed E-state index contributed by atoms with van der Waals surface area (Å²) in [6, 6.07) is 29.4. The molecular formula is C63H98F6N2O13P2. The number of cyclic esters (lactones) is 1. The third kappa shape index (κ3) is 21.1. The van der Waals surface area contributed by atoms with E-state index in [4.69, 9.17) is 28.4 Å². The molecule has 3 saturated heterocycles. The van der Waals surface area contributed by atoms with Crippen LogP contribution in [0.3, 0.4) is 0 Å². The number of nitrogens with zero attached hydrogens (tertiary/aromatic N) is 2. The van der Waals surface area contributed by atoms with Gasteiger partial charge in [0.2, 0.25) is 5.91 Å². The van der Waals surface area contributed by atoms with Crippen LogP contribution in [0.15, 0.2) is 84.9 Å². The van der Waals surface area contributed by atoms with Gasteiger partial charge in [0, 0.05) is 38.5 Å². The number of rotatable bonds is 18. The van der Waals surface area contributed by atoms with E-state index in [0.717, 1.165) is 32.1 Å². The molecule has 1 amide bonds. The van der Waals surface area contributed by atoms with Crippen molar-refractivity contribution < 1.29 is 88.7 Å². The average molecular weight is 1270 g/mol. The fraction of sp³-hybridized carbons (Fsp3) is 0.683. The normalized spacial score (nSPS) is 35.3. The maximum absolute atomic E-state index is 14.7. The summed E-state index contributed by atoms with van der Waals surface area (Å²) in [6.45, 7) is 17.4. The zero-order chi connectivity index (χ0) is 64.4. The quantitative estimate of drug-likeness (QED) is 0.0349. The van der Waals surface area contributed by atoms with E-state index >= 15 is 0 Å². The third-order valence-electron chi connectivity index (χ3n) is 17.5. The Morgan fingerprint density at radius 1 is 0.756 bits per heavy atom. The Morgan fingerprint density at radius 2 is 1.29 bits per heavy atom. The monoisotopic (exact) mass is 1270 g/mol. The number of aliphatic hydroxyl groups is 5. The molecular weight excluding hydrogens is 1170 g/mol. The second-order valence-electron chi connectivity index (χ2n) is 25.3. The minimum absolute atomic E-state index is 0.0687. The Hall–Kier alpha value is -3.40. The number of benzene rings is 3. The number of ether oxygens (including phenoxy) is 6. The molecule has 0 unspecified atom stereocenters.